The van der Waals surface area contributed by atoms with Crippen molar-refractivity contribution < 1.29 is 0 Å². The molecule has 3 rings (SSSR count). The van der Waals surface area contributed by atoms with Crippen molar-refractivity contribution in [3.63, 3.8) is 0 Å². The lowest BCUT2D eigenvalue weighted by Gasteiger charge is -2.08. The van der Waals surface area contributed by atoms with Gasteiger partial charge in [-0.15, -0.1) is 0 Å². The minimum Gasteiger partial charge on any atom is -0.366 e. The number of nitrogen functional groups attached to an aromatic ring is 1. The Balaban J connectivity index is 2.14. The van der Waals surface area contributed by atoms with Crippen molar-refractivity contribution in [2.75, 3.05) is 5.73 Å². The van der Waals surface area contributed by atoms with Crippen molar-refractivity contribution in [3.05, 3.63) is 71.8 Å². The Kier molecular flexibility index (Phi) is 3.24. The number of aromatic nitrogens is 4. The molecule has 0 fully saturated rings. The zero-order valence-electron chi connectivity index (χ0n) is 10.7. The molecule has 20 heavy (non-hydrogen) atoms. The van der Waals surface area contributed by atoms with Gasteiger partial charge in [-0.3, -0.25) is 0 Å². The van der Waals surface area contributed by atoms with E-state index in [2.05, 4.69) is 15.5 Å². The number of rotatable bonds is 3. The summed E-state index contributed by atoms with van der Waals surface area (Å²) in [5, 5.41) is 11.1. The summed E-state index contributed by atoms with van der Waals surface area (Å²) < 4.78 is 1.47. The second-order valence-electron chi connectivity index (χ2n) is 4.26. The van der Waals surface area contributed by atoms with Crippen molar-refractivity contribution in [3.8, 4) is 0 Å². The third-order valence-corrected chi connectivity index (χ3v) is 2.94. The number of hydrogen-bond donors (Lipinski definition) is 1. The van der Waals surface area contributed by atoms with Crippen LogP contribution in [0, 0.1) is 0 Å². The first kappa shape index (κ1) is 12.1. The normalized spacial score (nSPS) is 10.2. The molecule has 0 amide bonds. The van der Waals surface area contributed by atoms with Gasteiger partial charge in [-0.25, -0.2) is 0 Å². The topological polar surface area (TPSA) is 69.6 Å². The van der Waals surface area contributed by atoms with Gasteiger partial charge in [0.05, 0.1) is 0 Å². The second-order valence-corrected chi connectivity index (χ2v) is 4.26. The second kappa shape index (κ2) is 5.36. The van der Waals surface area contributed by atoms with Crippen LogP contribution >= 0.6 is 0 Å². The Hall–Kier alpha value is -2.95. The lowest BCUT2D eigenvalue weighted by atomic mass is 9.99. The van der Waals surface area contributed by atoms with Crippen LogP contribution in [-0.2, 0) is 0 Å². The van der Waals surface area contributed by atoms with Gasteiger partial charge in [0.2, 0.25) is 5.95 Å². The highest BCUT2D eigenvalue weighted by Gasteiger charge is 2.06. The van der Waals surface area contributed by atoms with E-state index in [1.54, 1.807) is 0 Å². The lowest BCUT2D eigenvalue weighted by molar-refractivity contribution is 0.820. The fourth-order valence-electron chi connectivity index (χ4n) is 1.97. The van der Waals surface area contributed by atoms with E-state index in [0.717, 1.165) is 16.7 Å². The van der Waals surface area contributed by atoms with E-state index in [-0.39, 0.29) is 5.95 Å². The number of tetrazole rings is 1. The van der Waals surface area contributed by atoms with Crippen molar-refractivity contribution in [1.82, 2.24) is 20.2 Å². The molecular formula is C15H13N5. The molecule has 5 nitrogen and oxygen atoms in total. The van der Waals surface area contributed by atoms with Crippen LogP contribution in [0.2, 0.25) is 0 Å². The highest BCUT2D eigenvalue weighted by molar-refractivity contribution is 5.87. The number of hydrogen-bond acceptors (Lipinski definition) is 4. The first-order chi connectivity index (χ1) is 9.84. The zero-order chi connectivity index (χ0) is 13.8. The molecule has 0 aliphatic heterocycles. The Labute approximate surface area is 116 Å². The van der Waals surface area contributed by atoms with Gasteiger partial charge in [0.15, 0.2) is 0 Å². The summed E-state index contributed by atoms with van der Waals surface area (Å²) in [5.74, 6) is 0.259. The molecule has 0 bridgehead atoms. The highest BCUT2D eigenvalue weighted by Crippen LogP contribution is 2.24. The van der Waals surface area contributed by atoms with Crippen molar-refractivity contribution in [1.29, 1.82) is 0 Å². The molecule has 98 valence electrons. The van der Waals surface area contributed by atoms with Gasteiger partial charge in [0.25, 0.3) is 0 Å². The van der Waals surface area contributed by atoms with Gasteiger partial charge in [-0.1, -0.05) is 65.8 Å². The van der Waals surface area contributed by atoms with E-state index in [0.29, 0.717) is 0 Å². The molecule has 1 heterocycles. The van der Waals surface area contributed by atoms with Crippen LogP contribution in [0.1, 0.15) is 11.1 Å². The third-order valence-electron chi connectivity index (χ3n) is 2.94. The molecular weight excluding hydrogens is 250 g/mol. The highest BCUT2D eigenvalue weighted by atomic mass is 15.6. The number of anilines is 1. The Morgan fingerprint density at radius 3 is 1.90 bits per heavy atom. The quantitative estimate of drug-likeness (QED) is 0.787. The fraction of sp³-hybridized carbons (Fsp3) is 0. The Morgan fingerprint density at radius 2 is 1.45 bits per heavy atom. The summed E-state index contributed by atoms with van der Waals surface area (Å²) in [6.07, 6.45) is 1.83. The van der Waals surface area contributed by atoms with Crippen LogP contribution in [0.25, 0.3) is 11.8 Å². The molecule has 0 spiro atoms. The molecule has 0 atom stereocenters. The number of nitrogens with zero attached hydrogens (tertiary/aromatic N) is 4. The summed E-state index contributed by atoms with van der Waals surface area (Å²) in [5.41, 5.74) is 8.89. The van der Waals surface area contributed by atoms with E-state index >= 15 is 0 Å². The van der Waals surface area contributed by atoms with Gasteiger partial charge in [0.1, 0.15) is 0 Å². The largest absolute Gasteiger partial charge is 0.366 e. The van der Waals surface area contributed by atoms with Crippen molar-refractivity contribution in [2.45, 2.75) is 0 Å². The molecule has 5 heteroatoms. The van der Waals surface area contributed by atoms with Crippen molar-refractivity contribution in [2.24, 2.45) is 0 Å². The van der Waals surface area contributed by atoms with Gasteiger partial charge in [0, 0.05) is 11.8 Å². The molecule has 2 aromatic carbocycles. The molecule has 1 aromatic heterocycles. The maximum atomic E-state index is 5.73. The van der Waals surface area contributed by atoms with E-state index in [4.69, 9.17) is 5.73 Å². The monoisotopic (exact) mass is 263 g/mol. The maximum Gasteiger partial charge on any atom is 0.244 e. The minimum absolute atomic E-state index is 0.259. The number of nitrogens with two attached hydrogens (primary N) is 1. The molecule has 0 unspecified atom stereocenters. The van der Waals surface area contributed by atoms with Gasteiger partial charge in [-0.2, -0.15) is 4.68 Å². The summed E-state index contributed by atoms with van der Waals surface area (Å²) in [6, 6.07) is 20.1. The molecule has 2 N–H and O–H groups in total. The number of benzene rings is 2. The van der Waals surface area contributed by atoms with E-state index in [9.17, 15) is 0 Å². The van der Waals surface area contributed by atoms with E-state index < -0.39 is 0 Å². The first-order valence-electron chi connectivity index (χ1n) is 6.20. The first-order valence-corrected chi connectivity index (χ1v) is 6.20. The van der Waals surface area contributed by atoms with Crippen LogP contribution in [0.5, 0.6) is 0 Å². The van der Waals surface area contributed by atoms with Crippen molar-refractivity contribution >= 4 is 17.7 Å². The van der Waals surface area contributed by atoms with Crippen LogP contribution in [-0.4, -0.2) is 20.2 Å². The molecule has 0 saturated carbocycles. The average Bonchev–Trinajstić information content (AvgIpc) is 2.92. The zero-order valence-corrected chi connectivity index (χ0v) is 10.7. The molecule has 0 aliphatic rings. The summed E-state index contributed by atoms with van der Waals surface area (Å²) in [7, 11) is 0. The molecule has 0 saturated heterocycles. The summed E-state index contributed by atoms with van der Waals surface area (Å²) in [6.45, 7) is 0. The molecule has 0 radical (unpaired) electrons. The third kappa shape index (κ3) is 2.42. The van der Waals surface area contributed by atoms with Crippen LogP contribution in [0.15, 0.2) is 60.7 Å². The van der Waals surface area contributed by atoms with Crippen LogP contribution < -0.4 is 5.73 Å². The Bertz CT molecular complexity index is 675. The minimum atomic E-state index is 0.259. The summed E-state index contributed by atoms with van der Waals surface area (Å²) in [4.78, 5) is 0. The van der Waals surface area contributed by atoms with Gasteiger partial charge in [-0.05, 0) is 21.6 Å². The Morgan fingerprint density at radius 1 is 0.900 bits per heavy atom. The lowest BCUT2D eigenvalue weighted by Crippen LogP contribution is -2.00. The van der Waals surface area contributed by atoms with E-state index in [1.165, 1.54) is 4.68 Å². The van der Waals surface area contributed by atoms with Gasteiger partial charge >= 0.3 is 0 Å². The predicted molar refractivity (Wildman–Crippen MR) is 78.4 cm³/mol. The van der Waals surface area contributed by atoms with Gasteiger partial charge < -0.3 is 5.73 Å². The molecule has 3 aromatic rings. The fourth-order valence-corrected chi connectivity index (χ4v) is 1.97. The van der Waals surface area contributed by atoms with Crippen LogP contribution in [0.4, 0.5) is 5.95 Å². The average molecular weight is 263 g/mol. The summed E-state index contributed by atoms with van der Waals surface area (Å²) >= 11 is 0. The standard InChI is InChI=1S/C15H13N5/c16-15-17-18-19-20(15)11-14(12-7-3-1-4-8-12)13-9-5-2-6-10-13/h1-11H,(H2,16,17,19). The predicted octanol–water partition coefficient (Wildman–Crippen LogP) is 2.30. The smallest absolute Gasteiger partial charge is 0.244 e. The van der Waals surface area contributed by atoms with Crippen LogP contribution in [0.3, 0.4) is 0 Å². The van der Waals surface area contributed by atoms with E-state index in [1.807, 2.05) is 66.9 Å². The molecule has 0 aliphatic carbocycles. The maximum absolute atomic E-state index is 5.73. The SMILES string of the molecule is Nc1nnnn1C=C(c1ccccc1)c1ccccc1.